The lowest BCUT2D eigenvalue weighted by Gasteiger charge is -2.27. The number of halogens is 2. The normalized spacial score (nSPS) is 16.6. The average molecular weight is 672 g/mol. The molecule has 2 saturated heterocycles. The van der Waals surface area contributed by atoms with E-state index >= 15 is 0 Å². The highest BCUT2D eigenvalue weighted by molar-refractivity contribution is 8.26. The summed E-state index contributed by atoms with van der Waals surface area (Å²) in [5.74, 6) is -1.04. The molecule has 2 aliphatic rings. The SMILES string of the molecule is O=C(O)c1ccc(NCCCCCN2C(=O)/C(=C/c3cccc(-c4ccc(Cl)cc4Cl)n3)SC2=S)c(CN2CCOCC2)c1. The lowest BCUT2D eigenvalue weighted by Crippen LogP contribution is -2.35. The minimum atomic E-state index is -0.932. The molecule has 2 fully saturated rings. The van der Waals surface area contributed by atoms with Crippen molar-refractivity contribution in [3.63, 3.8) is 0 Å². The van der Waals surface area contributed by atoms with Gasteiger partial charge in [-0.05, 0) is 79.4 Å². The third kappa shape index (κ3) is 8.38. The fraction of sp³-hybridized carbons (Fsp3) is 0.312. The standard InChI is InChI=1S/C32H32Cl2N4O4S2/c33-23-8-9-25(26(34)18-23)28-6-4-5-24(36-28)19-29-30(39)38(32(43)44-29)12-3-1-2-11-35-27-10-7-21(31(40)41)17-22(27)20-37-13-15-42-16-14-37/h4-10,17-19,35H,1-3,11-16,20H2,(H,40,41)/b29-19-. The largest absolute Gasteiger partial charge is 0.478 e. The number of nitrogens with one attached hydrogen (secondary N) is 1. The van der Waals surface area contributed by atoms with E-state index in [1.165, 1.54) is 11.8 Å². The van der Waals surface area contributed by atoms with Crippen LogP contribution >= 0.6 is 47.2 Å². The number of unbranched alkanes of at least 4 members (excludes halogenated alkanes) is 2. The summed E-state index contributed by atoms with van der Waals surface area (Å²) in [7, 11) is 0. The molecule has 1 aromatic heterocycles. The van der Waals surface area contributed by atoms with Gasteiger partial charge in [-0.25, -0.2) is 9.78 Å². The third-order valence-electron chi connectivity index (χ3n) is 7.35. The van der Waals surface area contributed by atoms with Gasteiger partial charge < -0.3 is 15.2 Å². The Morgan fingerprint density at radius 1 is 1.09 bits per heavy atom. The van der Waals surface area contributed by atoms with Crippen LogP contribution in [-0.4, -0.2) is 75.5 Å². The summed E-state index contributed by atoms with van der Waals surface area (Å²) in [5, 5.41) is 14.0. The van der Waals surface area contributed by atoms with Crippen LogP contribution in [0.4, 0.5) is 5.69 Å². The van der Waals surface area contributed by atoms with E-state index < -0.39 is 5.97 Å². The molecule has 12 heteroatoms. The number of hydrogen-bond acceptors (Lipinski definition) is 8. The van der Waals surface area contributed by atoms with Gasteiger partial charge in [0.1, 0.15) is 4.32 Å². The van der Waals surface area contributed by atoms with Gasteiger partial charge in [-0.3, -0.25) is 14.6 Å². The van der Waals surface area contributed by atoms with E-state index in [9.17, 15) is 14.7 Å². The van der Waals surface area contributed by atoms with Gasteiger partial charge in [-0.15, -0.1) is 0 Å². The first kappa shape index (κ1) is 32.4. The van der Waals surface area contributed by atoms with Gasteiger partial charge in [-0.2, -0.15) is 0 Å². The Kier molecular flexibility index (Phi) is 11.3. The molecule has 1 amide bonds. The number of thiocarbonyl (C=S) groups is 1. The fourth-order valence-corrected chi connectivity index (χ4v) is 6.83. The number of carboxylic acids is 1. The summed E-state index contributed by atoms with van der Waals surface area (Å²) in [5.41, 5.74) is 4.29. The van der Waals surface area contributed by atoms with E-state index in [0.717, 1.165) is 55.7 Å². The number of rotatable bonds is 12. The zero-order chi connectivity index (χ0) is 31.1. The van der Waals surface area contributed by atoms with Gasteiger partial charge in [0, 0.05) is 49.0 Å². The molecule has 0 spiro atoms. The van der Waals surface area contributed by atoms with Crippen LogP contribution in [0, 0.1) is 0 Å². The third-order valence-corrected chi connectivity index (χ3v) is 9.28. The maximum atomic E-state index is 13.2. The number of carbonyl (C=O) groups excluding carboxylic acids is 1. The summed E-state index contributed by atoms with van der Waals surface area (Å²) in [6.07, 6.45) is 4.37. The Balaban J connectivity index is 1.12. The number of hydrogen-bond donors (Lipinski definition) is 2. The summed E-state index contributed by atoms with van der Waals surface area (Å²) in [6, 6.07) is 16.1. The van der Waals surface area contributed by atoms with Gasteiger partial charge in [0.15, 0.2) is 0 Å². The molecular formula is C32H32Cl2N4O4S2. The highest BCUT2D eigenvalue weighted by Gasteiger charge is 2.31. The molecule has 0 aliphatic carbocycles. The molecule has 0 unspecified atom stereocenters. The first-order valence-corrected chi connectivity index (χ1v) is 16.3. The van der Waals surface area contributed by atoms with Gasteiger partial charge in [0.05, 0.1) is 40.1 Å². The molecule has 2 N–H and O–H groups in total. The first-order valence-electron chi connectivity index (χ1n) is 14.4. The van der Waals surface area contributed by atoms with E-state index in [1.807, 2.05) is 30.3 Å². The molecule has 3 heterocycles. The van der Waals surface area contributed by atoms with Crippen LogP contribution in [0.2, 0.25) is 10.0 Å². The van der Waals surface area contributed by atoms with Gasteiger partial charge in [0.2, 0.25) is 0 Å². The Morgan fingerprint density at radius 2 is 1.91 bits per heavy atom. The van der Waals surface area contributed by atoms with E-state index in [4.69, 9.17) is 40.2 Å². The molecule has 5 rings (SSSR count). The Morgan fingerprint density at radius 3 is 2.68 bits per heavy atom. The van der Waals surface area contributed by atoms with Gasteiger partial charge in [-0.1, -0.05) is 53.2 Å². The number of amides is 1. The van der Waals surface area contributed by atoms with E-state index in [-0.39, 0.29) is 11.5 Å². The number of morpholine rings is 1. The topological polar surface area (TPSA) is 95.0 Å². The van der Waals surface area contributed by atoms with Crippen molar-refractivity contribution in [3.8, 4) is 11.3 Å². The van der Waals surface area contributed by atoms with Crippen molar-refractivity contribution in [3.05, 3.63) is 86.4 Å². The van der Waals surface area contributed by atoms with E-state index in [0.29, 0.717) is 57.0 Å². The van der Waals surface area contributed by atoms with Crippen LogP contribution in [-0.2, 0) is 16.1 Å². The Labute approximate surface area is 276 Å². The lowest BCUT2D eigenvalue weighted by atomic mass is 10.1. The molecule has 8 nitrogen and oxygen atoms in total. The van der Waals surface area contributed by atoms with Crippen molar-refractivity contribution in [1.82, 2.24) is 14.8 Å². The molecule has 2 aromatic carbocycles. The number of pyridine rings is 1. The Hall–Kier alpha value is -2.99. The number of aromatic carboxylic acids is 1. The smallest absolute Gasteiger partial charge is 0.335 e. The minimum absolute atomic E-state index is 0.110. The number of aromatic nitrogens is 1. The maximum Gasteiger partial charge on any atom is 0.335 e. The quantitative estimate of drug-likeness (QED) is 0.119. The zero-order valence-corrected chi connectivity index (χ0v) is 27.1. The molecule has 44 heavy (non-hydrogen) atoms. The number of anilines is 1. The zero-order valence-electron chi connectivity index (χ0n) is 23.9. The fourth-order valence-electron chi connectivity index (χ4n) is 5.03. The van der Waals surface area contributed by atoms with Crippen molar-refractivity contribution in [1.29, 1.82) is 0 Å². The van der Waals surface area contributed by atoms with Crippen LogP contribution < -0.4 is 5.32 Å². The van der Waals surface area contributed by atoms with E-state index in [1.54, 1.807) is 35.2 Å². The highest BCUT2D eigenvalue weighted by Crippen LogP contribution is 2.34. The molecule has 230 valence electrons. The summed E-state index contributed by atoms with van der Waals surface area (Å²) in [4.78, 5) is 33.9. The first-order chi connectivity index (χ1) is 21.3. The average Bonchev–Trinajstić information content (AvgIpc) is 3.27. The van der Waals surface area contributed by atoms with Crippen molar-refractivity contribution in [2.75, 3.05) is 44.7 Å². The van der Waals surface area contributed by atoms with Crippen LogP contribution in [0.5, 0.6) is 0 Å². The molecule has 0 atom stereocenters. The lowest BCUT2D eigenvalue weighted by molar-refractivity contribution is -0.122. The predicted octanol–water partition coefficient (Wildman–Crippen LogP) is 7.07. The number of carboxylic acid groups (broad SMARTS) is 1. The second-order valence-electron chi connectivity index (χ2n) is 10.5. The Bertz CT molecular complexity index is 1580. The van der Waals surface area contributed by atoms with Crippen molar-refractivity contribution in [2.24, 2.45) is 0 Å². The number of benzene rings is 2. The van der Waals surface area contributed by atoms with Crippen LogP contribution in [0.3, 0.4) is 0 Å². The molecule has 0 radical (unpaired) electrons. The molecule has 0 bridgehead atoms. The maximum absolute atomic E-state index is 13.2. The van der Waals surface area contributed by atoms with Crippen molar-refractivity contribution >= 4 is 75.1 Å². The second-order valence-corrected chi connectivity index (χ2v) is 13.0. The number of carbonyl (C=O) groups is 2. The monoisotopic (exact) mass is 670 g/mol. The molecule has 0 saturated carbocycles. The minimum Gasteiger partial charge on any atom is -0.478 e. The molecular weight excluding hydrogens is 639 g/mol. The summed E-state index contributed by atoms with van der Waals surface area (Å²) >= 11 is 19.2. The van der Waals surface area contributed by atoms with Crippen LogP contribution in [0.1, 0.15) is 40.9 Å². The number of ether oxygens (including phenoxy) is 1. The van der Waals surface area contributed by atoms with Crippen molar-refractivity contribution < 1.29 is 19.4 Å². The predicted molar refractivity (Wildman–Crippen MR) is 181 cm³/mol. The van der Waals surface area contributed by atoms with E-state index in [2.05, 4.69) is 15.2 Å². The van der Waals surface area contributed by atoms with Crippen LogP contribution in [0.15, 0.2) is 59.5 Å². The highest BCUT2D eigenvalue weighted by atomic mass is 35.5. The van der Waals surface area contributed by atoms with Gasteiger partial charge >= 0.3 is 5.97 Å². The van der Waals surface area contributed by atoms with Crippen LogP contribution in [0.25, 0.3) is 17.3 Å². The second kappa shape index (κ2) is 15.3. The molecule has 3 aromatic rings. The summed E-state index contributed by atoms with van der Waals surface area (Å²) in [6.45, 7) is 4.97. The van der Waals surface area contributed by atoms with Crippen molar-refractivity contribution in [2.45, 2.75) is 25.8 Å². The van der Waals surface area contributed by atoms with Gasteiger partial charge in [0.25, 0.3) is 5.91 Å². The summed E-state index contributed by atoms with van der Waals surface area (Å²) < 4.78 is 5.99. The number of thioether (sulfide) groups is 1. The number of nitrogens with zero attached hydrogens (tertiary/aromatic N) is 3. The molecule has 2 aliphatic heterocycles.